The Morgan fingerprint density at radius 1 is 1.26 bits per heavy atom. The van der Waals surface area contributed by atoms with Crippen molar-refractivity contribution >= 4 is 17.0 Å². The van der Waals surface area contributed by atoms with Crippen LogP contribution in [-0.2, 0) is 7.05 Å². The molecule has 1 aromatic carbocycles. The third kappa shape index (κ3) is 2.21. The first-order chi connectivity index (χ1) is 9.24. The summed E-state index contributed by atoms with van der Waals surface area (Å²) in [4.78, 5) is 4.64. The molecule has 2 N–H and O–H groups in total. The normalized spacial score (nSPS) is 18.6. The SMILES string of the molecule is Cn1c(NC2(CO)CCCCC2)nc2ccccc21. The molecule has 4 nitrogen and oxygen atoms in total. The van der Waals surface area contributed by atoms with E-state index in [9.17, 15) is 5.11 Å². The third-order valence-corrected chi connectivity index (χ3v) is 4.28. The molecule has 0 radical (unpaired) electrons. The lowest BCUT2D eigenvalue weighted by molar-refractivity contribution is 0.172. The maximum absolute atomic E-state index is 9.77. The average Bonchev–Trinajstić information content (AvgIpc) is 2.77. The molecule has 2 aromatic rings. The smallest absolute Gasteiger partial charge is 0.204 e. The molecule has 3 rings (SSSR count). The molecule has 19 heavy (non-hydrogen) atoms. The Morgan fingerprint density at radius 2 is 2.00 bits per heavy atom. The summed E-state index contributed by atoms with van der Waals surface area (Å²) in [5.74, 6) is 0.858. The summed E-state index contributed by atoms with van der Waals surface area (Å²) in [5.41, 5.74) is 1.93. The molecule has 0 atom stereocenters. The molecule has 102 valence electrons. The van der Waals surface area contributed by atoms with Gasteiger partial charge in [0.2, 0.25) is 5.95 Å². The van der Waals surface area contributed by atoms with Crippen molar-refractivity contribution in [2.24, 2.45) is 7.05 Å². The topological polar surface area (TPSA) is 50.1 Å². The number of nitrogens with one attached hydrogen (secondary N) is 1. The monoisotopic (exact) mass is 259 g/mol. The van der Waals surface area contributed by atoms with Gasteiger partial charge in [-0.1, -0.05) is 31.4 Å². The second-order valence-electron chi connectivity index (χ2n) is 5.61. The first-order valence-corrected chi connectivity index (χ1v) is 7.05. The van der Waals surface area contributed by atoms with E-state index in [0.29, 0.717) is 0 Å². The number of aryl methyl sites for hydroxylation is 1. The Kier molecular flexibility index (Phi) is 3.19. The van der Waals surface area contributed by atoms with Gasteiger partial charge >= 0.3 is 0 Å². The van der Waals surface area contributed by atoms with Crippen LogP contribution in [0.15, 0.2) is 24.3 Å². The Morgan fingerprint density at radius 3 is 2.68 bits per heavy atom. The van der Waals surface area contributed by atoms with Gasteiger partial charge in [-0.3, -0.25) is 0 Å². The van der Waals surface area contributed by atoms with Crippen LogP contribution in [0, 0.1) is 0 Å². The van der Waals surface area contributed by atoms with Crippen molar-refractivity contribution in [3.05, 3.63) is 24.3 Å². The molecule has 1 aliphatic rings. The lowest BCUT2D eigenvalue weighted by Crippen LogP contribution is -2.44. The van der Waals surface area contributed by atoms with Gasteiger partial charge in [0.15, 0.2) is 0 Å². The maximum Gasteiger partial charge on any atom is 0.204 e. The number of rotatable bonds is 3. The summed E-state index contributed by atoms with van der Waals surface area (Å²) in [6, 6.07) is 8.12. The molecule has 1 fully saturated rings. The van der Waals surface area contributed by atoms with Crippen LogP contribution < -0.4 is 5.32 Å². The van der Waals surface area contributed by atoms with Crippen LogP contribution in [0.25, 0.3) is 11.0 Å². The predicted octanol–water partition coefficient (Wildman–Crippen LogP) is 2.68. The molecule has 0 aliphatic heterocycles. The zero-order valence-electron chi connectivity index (χ0n) is 11.4. The summed E-state index contributed by atoms with van der Waals surface area (Å²) >= 11 is 0. The zero-order valence-corrected chi connectivity index (χ0v) is 11.4. The van der Waals surface area contributed by atoms with E-state index < -0.39 is 0 Å². The van der Waals surface area contributed by atoms with Gasteiger partial charge in [0, 0.05) is 7.05 Å². The van der Waals surface area contributed by atoms with E-state index in [1.165, 1.54) is 19.3 Å². The number of fused-ring (bicyclic) bond motifs is 1. The number of anilines is 1. The molecule has 1 aliphatic carbocycles. The maximum atomic E-state index is 9.77. The van der Waals surface area contributed by atoms with E-state index in [1.807, 2.05) is 25.2 Å². The summed E-state index contributed by atoms with van der Waals surface area (Å²) in [6.07, 6.45) is 5.67. The number of aromatic nitrogens is 2. The number of aliphatic hydroxyl groups is 1. The van der Waals surface area contributed by atoms with Gasteiger partial charge in [-0.05, 0) is 25.0 Å². The molecule has 0 amide bonds. The molecule has 4 heteroatoms. The fourth-order valence-electron chi connectivity index (χ4n) is 3.05. The van der Waals surface area contributed by atoms with Crippen molar-refractivity contribution in [3.8, 4) is 0 Å². The van der Waals surface area contributed by atoms with Crippen molar-refractivity contribution in [3.63, 3.8) is 0 Å². The van der Waals surface area contributed by atoms with Crippen LogP contribution in [0.4, 0.5) is 5.95 Å². The number of nitrogens with zero attached hydrogens (tertiary/aromatic N) is 2. The molecule has 1 saturated carbocycles. The molecule has 1 aromatic heterocycles. The minimum atomic E-state index is -0.187. The number of aliphatic hydroxyl groups excluding tert-OH is 1. The second kappa shape index (κ2) is 4.85. The van der Waals surface area contributed by atoms with E-state index in [-0.39, 0.29) is 12.1 Å². The molecular weight excluding hydrogens is 238 g/mol. The largest absolute Gasteiger partial charge is 0.394 e. The Balaban J connectivity index is 1.93. The Bertz CT molecular complexity index is 570. The first-order valence-electron chi connectivity index (χ1n) is 7.05. The van der Waals surface area contributed by atoms with Gasteiger partial charge in [0.05, 0.1) is 23.2 Å². The van der Waals surface area contributed by atoms with Crippen molar-refractivity contribution in [2.45, 2.75) is 37.6 Å². The minimum absolute atomic E-state index is 0.177. The molecular formula is C15H21N3O. The van der Waals surface area contributed by atoms with Gasteiger partial charge in [-0.25, -0.2) is 4.98 Å². The minimum Gasteiger partial charge on any atom is -0.394 e. The lowest BCUT2D eigenvalue weighted by atomic mass is 9.82. The number of imidazole rings is 1. The van der Waals surface area contributed by atoms with E-state index >= 15 is 0 Å². The summed E-state index contributed by atoms with van der Waals surface area (Å²) in [6.45, 7) is 0.177. The highest BCUT2D eigenvalue weighted by molar-refractivity contribution is 5.78. The van der Waals surface area contributed by atoms with Gasteiger partial charge in [-0.2, -0.15) is 0 Å². The van der Waals surface area contributed by atoms with Crippen molar-refractivity contribution < 1.29 is 5.11 Å². The molecule has 0 unspecified atom stereocenters. The van der Waals surface area contributed by atoms with Gasteiger partial charge in [0.1, 0.15) is 0 Å². The highest BCUT2D eigenvalue weighted by atomic mass is 16.3. The van der Waals surface area contributed by atoms with Gasteiger partial charge in [0.25, 0.3) is 0 Å². The van der Waals surface area contributed by atoms with E-state index in [2.05, 4.69) is 20.9 Å². The van der Waals surface area contributed by atoms with Crippen LogP contribution in [-0.4, -0.2) is 26.8 Å². The van der Waals surface area contributed by atoms with Crippen LogP contribution in [0.2, 0.25) is 0 Å². The van der Waals surface area contributed by atoms with Crippen molar-refractivity contribution in [2.75, 3.05) is 11.9 Å². The Labute approximate surface area is 113 Å². The predicted molar refractivity (Wildman–Crippen MR) is 77.2 cm³/mol. The number of benzene rings is 1. The van der Waals surface area contributed by atoms with Crippen molar-refractivity contribution in [1.82, 2.24) is 9.55 Å². The number of hydrogen-bond acceptors (Lipinski definition) is 3. The van der Waals surface area contributed by atoms with Crippen LogP contribution in [0.3, 0.4) is 0 Å². The fraction of sp³-hybridized carbons (Fsp3) is 0.533. The van der Waals surface area contributed by atoms with E-state index in [4.69, 9.17) is 0 Å². The fourth-order valence-corrected chi connectivity index (χ4v) is 3.05. The molecule has 0 saturated heterocycles. The van der Waals surface area contributed by atoms with Crippen LogP contribution in [0.1, 0.15) is 32.1 Å². The molecule has 0 bridgehead atoms. The molecule has 1 heterocycles. The van der Waals surface area contributed by atoms with E-state index in [0.717, 1.165) is 29.8 Å². The van der Waals surface area contributed by atoms with Crippen LogP contribution in [0.5, 0.6) is 0 Å². The summed E-state index contributed by atoms with van der Waals surface area (Å²) in [5, 5.41) is 13.3. The Hall–Kier alpha value is -1.55. The van der Waals surface area contributed by atoms with Gasteiger partial charge in [-0.15, -0.1) is 0 Å². The summed E-state index contributed by atoms with van der Waals surface area (Å²) < 4.78 is 2.07. The van der Waals surface area contributed by atoms with Crippen LogP contribution >= 0.6 is 0 Å². The molecule has 0 spiro atoms. The lowest BCUT2D eigenvalue weighted by Gasteiger charge is -2.36. The first kappa shape index (κ1) is 12.5. The zero-order chi connectivity index (χ0) is 13.3. The summed E-state index contributed by atoms with van der Waals surface area (Å²) in [7, 11) is 2.02. The quantitative estimate of drug-likeness (QED) is 0.891. The standard InChI is InChI=1S/C15H21N3O/c1-18-13-8-4-3-7-12(13)16-14(18)17-15(11-19)9-5-2-6-10-15/h3-4,7-8,19H,2,5-6,9-11H2,1H3,(H,16,17). The van der Waals surface area contributed by atoms with Gasteiger partial charge < -0.3 is 15.0 Å². The van der Waals surface area contributed by atoms with Crippen molar-refractivity contribution in [1.29, 1.82) is 0 Å². The third-order valence-electron chi connectivity index (χ3n) is 4.28. The average molecular weight is 259 g/mol. The highest BCUT2D eigenvalue weighted by Crippen LogP contribution is 2.31. The number of para-hydroxylation sites is 2. The van der Waals surface area contributed by atoms with E-state index in [1.54, 1.807) is 0 Å². The number of hydrogen-bond donors (Lipinski definition) is 2. The second-order valence-corrected chi connectivity index (χ2v) is 5.61. The highest BCUT2D eigenvalue weighted by Gasteiger charge is 2.32.